The van der Waals surface area contributed by atoms with Crippen LogP contribution < -0.4 is 15.1 Å². The highest BCUT2D eigenvalue weighted by Gasteiger charge is 2.23. The molecule has 0 saturated carbocycles. The molecule has 0 spiro atoms. The van der Waals surface area contributed by atoms with Crippen molar-refractivity contribution < 1.29 is 14.1 Å². The third-order valence-corrected chi connectivity index (χ3v) is 4.89. The average molecular weight is 383 g/mol. The summed E-state index contributed by atoms with van der Waals surface area (Å²) in [6, 6.07) is 12.0. The van der Waals surface area contributed by atoms with Crippen molar-refractivity contribution >= 4 is 40.5 Å². The molecule has 0 atom stereocenters. The summed E-state index contributed by atoms with van der Waals surface area (Å²) in [6.07, 6.45) is 0. The maximum atomic E-state index is 13.2. The molecule has 1 heterocycles. The van der Waals surface area contributed by atoms with Crippen molar-refractivity contribution in [2.45, 2.75) is 0 Å². The zero-order valence-electron chi connectivity index (χ0n) is 13.6. The Morgan fingerprint density at radius 1 is 1.12 bits per heavy atom. The fraction of sp³-hybridized carbons (Fsp3) is 0.278. The van der Waals surface area contributed by atoms with E-state index in [1.54, 1.807) is 0 Å². The van der Waals surface area contributed by atoms with E-state index < -0.39 is 5.82 Å². The SMILES string of the molecule is O=C(C[NH+]1CCN(c2ccccc2Cl)CC1)Nc1ccc(F)c(Cl)c1. The number of hydrogen-bond acceptors (Lipinski definition) is 2. The average Bonchev–Trinajstić information content (AvgIpc) is 2.59. The molecule has 1 aliphatic rings. The molecular weight excluding hydrogens is 364 g/mol. The highest BCUT2D eigenvalue weighted by Crippen LogP contribution is 2.24. The number of carbonyl (C=O) groups excluding carboxylic acids is 1. The Bertz CT molecular complexity index is 764. The number of hydrogen-bond donors (Lipinski definition) is 2. The molecule has 2 aromatic carbocycles. The molecule has 1 amide bonds. The molecule has 0 bridgehead atoms. The largest absolute Gasteiger partial charge is 0.359 e. The lowest BCUT2D eigenvalue weighted by molar-refractivity contribution is -0.892. The van der Waals surface area contributed by atoms with Gasteiger partial charge in [0.15, 0.2) is 6.54 Å². The molecule has 4 nitrogen and oxygen atoms in total. The van der Waals surface area contributed by atoms with Crippen molar-refractivity contribution in [1.82, 2.24) is 0 Å². The Kier molecular flexibility index (Phi) is 5.78. The number of piperazine rings is 1. The van der Waals surface area contributed by atoms with Crippen molar-refractivity contribution in [1.29, 1.82) is 0 Å². The number of rotatable bonds is 4. The van der Waals surface area contributed by atoms with Gasteiger partial charge in [0.1, 0.15) is 5.82 Å². The molecule has 1 fully saturated rings. The van der Waals surface area contributed by atoms with Gasteiger partial charge in [-0.1, -0.05) is 35.3 Å². The first-order valence-corrected chi connectivity index (χ1v) is 8.86. The van der Waals surface area contributed by atoms with Crippen molar-refractivity contribution in [3.8, 4) is 0 Å². The van der Waals surface area contributed by atoms with Gasteiger partial charge in [-0.3, -0.25) is 4.79 Å². The number of quaternary nitrogens is 1. The van der Waals surface area contributed by atoms with Crippen molar-refractivity contribution in [3.63, 3.8) is 0 Å². The van der Waals surface area contributed by atoms with Crippen molar-refractivity contribution in [3.05, 3.63) is 58.3 Å². The van der Waals surface area contributed by atoms with E-state index in [-0.39, 0.29) is 10.9 Å². The minimum absolute atomic E-state index is 0.00139. The Balaban J connectivity index is 1.51. The van der Waals surface area contributed by atoms with Crippen LogP contribution in [0.2, 0.25) is 10.0 Å². The Morgan fingerprint density at radius 3 is 2.52 bits per heavy atom. The van der Waals surface area contributed by atoms with Crippen LogP contribution in [0.15, 0.2) is 42.5 Å². The fourth-order valence-electron chi connectivity index (χ4n) is 2.95. The van der Waals surface area contributed by atoms with Crippen molar-refractivity contribution in [2.75, 3.05) is 42.9 Å². The lowest BCUT2D eigenvalue weighted by Crippen LogP contribution is -3.15. The minimum atomic E-state index is -0.499. The maximum Gasteiger partial charge on any atom is 0.279 e. The number of halogens is 3. The van der Waals surface area contributed by atoms with Crippen LogP contribution in [0.3, 0.4) is 0 Å². The normalized spacial score (nSPS) is 15.2. The molecule has 1 aliphatic heterocycles. The van der Waals surface area contributed by atoms with E-state index in [9.17, 15) is 9.18 Å². The predicted molar refractivity (Wildman–Crippen MR) is 99.3 cm³/mol. The number of anilines is 2. The van der Waals surface area contributed by atoms with Crippen LogP contribution in [-0.2, 0) is 4.79 Å². The monoisotopic (exact) mass is 382 g/mol. The lowest BCUT2D eigenvalue weighted by Gasteiger charge is -2.33. The molecule has 132 valence electrons. The van der Waals surface area contributed by atoms with Crippen LogP contribution in [0, 0.1) is 5.82 Å². The lowest BCUT2D eigenvalue weighted by atomic mass is 10.2. The van der Waals surface area contributed by atoms with E-state index in [2.05, 4.69) is 10.2 Å². The van der Waals surface area contributed by atoms with Gasteiger partial charge in [-0.15, -0.1) is 0 Å². The molecule has 0 aromatic heterocycles. The number of carbonyl (C=O) groups is 1. The molecule has 7 heteroatoms. The maximum absolute atomic E-state index is 13.2. The highest BCUT2D eigenvalue weighted by atomic mass is 35.5. The van der Waals surface area contributed by atoms with Gasteiger partial charge in [0.25, 0.3) is 5.91 Å². The molecule has 2 N–H and O–H groups in total. The van der Waals surface area contributed by atoms with Gasteiger partial charge in [0.05, 0.1) is 41.9 Å². The molecule has 0 unspecified atom stereocenters. The van der Waals surface area contributed by atoms with Gasteiger partial charge in [0.2, 0.25) is 0 Å². The second-order valence-corrected chi connectivity index (χ2v) is 6.86. The number of amides is 1. The first kappa shape index (κ1) is 18.0. The quantitative estimate of drug-likeness (QED) is 0.851. The van der Waals surface area contributed by atoms with Crippen LogP contribution >= 0.6 is 23.2 Å². The Hall–Kier alpha value is -1.82. The van der Waals surface area contributed by atoms with Gasteiger partial charge in [0, 0.05) is 5.69 Å². The second kappa shape index (κ2) is 8.04. The third kappa shape index (κ3) is 4.63. The van der Waals surface area contributed by atoms with Crippen LogP contribution in [0.5, 0.6) is 0 Å². The standard InChI is InChI=1S/C18H18Cl2FN3O/c19-14-3-1-2-4-17(14)24-9-7-23(8-10-24)12-18(25)22-13-5-6-16(21)15(20)11-13/h1-6,11H,7-10,12H2,(H,22,25)/p+1. The van der Waals surface area contributed by atoms with E-state index >= 15 is 0 Å². The van der Waals surface area contributed by atoms with E-state index in [0.29, 0.717) is 12.2 Å². The number of nitrogens with zero attached hydrogens (tertiary/aromatic N) is 1. The fourth-order valence-corrected chi connectivity index (χ4v) is 3.39. The summed E-state index contributed by atoms with van der Waals surface area (Å²) in [5.74, 6) is -0.607. The van der Waals surface area contributed by atoms with Crippen LogP contribution in [0.1, 0.15) is 0 Å². The van der Waals surface area contributed by atoms with Gasteiger partial charge >= 0.3 is 0 Å². The predicted octanol–water partition coefficient (Wildman–Crippen LogP) is 2.48. The third-order valence-electron chi connectivity index (χ3n) is 4.28. The smallest absolute Gasteiger partial charge is 0.279 e. The van der Waals surface area contributed by atoms with Crippen LogP contribution in [0.4, 0.5) is 15.8 Å². The molecule has 0 radical (unpaired) electrons. The summed E-state index contributed by atoms with van der Waals surface area (Å²) in [4.78, 5) is 15.6. The van der Waals surface area contributed by atoms with Gasteiger partial charge in [-0.2, -0.15) is 0 Å². The Labute approximate surface area is 156 Å². The number of nitrogens with one attached hydrogen (secondary N) is 2. The summed E-state index contributed by atoms with van der Waals surface area (Å²) in [5.41, 5.74) is 1.54. The molecule has 2 aromatic rings. The summed E-state index contributed by atoms with van der Waals surface area (Å²) in [5, 5.41) is 3.51. The van der Waals surface area contributed by atoms with Gasteiger partial charge < -0.3 is 15.1 Å². The summed E-state index contributed by atoms with van der Waals surface area (Å²) < 4.78 is 13.2. The summed E-state index contributed by atoms with van der Waals surface area (Å²) >= 11 is 12.0. The van der Waals surface area contributed by atoms with Gasteiger partial charge in [-0.25, -0.2) is 4.39 Å². The first-order valence-electron chi connectivity index (χ1n) is 8.11. The van der Waals surface area contributed by atoms with E-state index in [1.807, 2.05) is 24.3 Å². The topological polar surface area (TPSA) is 36.8 Å². The van der Waals surface area contributed by atoms with Crippen molar-refractivity contribution in [2.24, 2.45) is 0 Å². The van der Waals surface area contributed by atoms with Crippen LogP contribution in [0.25, 0.3) is 0 Å². The molecule has 0 aliphatic carbocycles. The van der Waals surface area contributed by atoms with E-state index in [1.165, 1.54) is 23.1 Å². The molecular formula is C18H19Cl2FN3O+. The zero-order chi connectivity index (χ0) is 17.8. The van der Waals surface area contributed by atoms with Gasteiger partial charge in [-0.05, 0) is 30.3 Å². The molecule has 1 saturated heterocycles. The van der Waals surface area contributed by atoms with E-state index in [0.717, 1.165) is 36.9 Å². The zero-order valence-corrected chi connectivity index (χ0v) is 15.1. The van der Waals surface area contributed by atoms with E-state index in [4.69, 9.17) is 23.2 Å². The first-order chi connectivity index (χ1) is 12.0. The number of benzene rings is 2. The highest BCUT2D eigenvalue weighted by molar-refractivity contribution is 6.33. The summed E-state index contributed by atoms with van der Waals surface area (Å²) in [6.45, 7) is 3.75. The second-order valence-electron chi connectivity index (χ2n) is 6.04. The number of para-hydroxylation sites is 1. The molecule has 25 heavy (non-hydrogen) atoms. The Morgan fingerprint density at radius 2 is 1.84 bits per heavy atom. The summed E-state index contributed by atoms with van der Waals surface area (Å²) in [7, 11) is 0. The van der Waals surface area contributed by atoms with Crippen LogP contribution in [-0.4, -0.2) is 38.6 Å². The molecule has 3 rings (SSSR count). The minimum Gasteiger partial charge on any atom is -0.359 e.